The van der Waals surface area contributed by atoms with Gasteiger partial charge in [-0.1, -0.05) is 5.16 Å². The quantitative estimate of drug-likeness (QED) is 0.807. The molecule has 0 saturated heterocycles. The Morgan fingerprint density at radius 2 is 2.16 bits per heavy atom. The van der Waals surface area contributed by atoms with Crippen molar-refractivity contribution in [3.8, 4) is 17.4 Å². The van der Waals surface area contributed by atoms with Crippen molar-refractivity contribution >= 4 is 0 Å². The second-order valence-corrected chi connectivity index (χ2v) is 3.81. The molecular weight excluding hydrogens is 250 g/mol. The molecule has 2 heterocycles. The predicted molar refractivity (Wildman–Crippen MR) is 65.3 cm³/mol. The van der Waals surface area contributed by atoms with E-state index in [1.807, 2.05) is 0 Å². The predicted octanol–water partition coefficient (Wildman–Crippen LogP) is 0.572. The van der Waals surface area contributed by atoms with E-state index in [1.54, 1.807) is 19.2 Å². The topological polar surface area (TPSA) is 109 Å². The van der Waals surface area contributed by atoms with Gasteiger partial charge < -0.3 is 19.7 Å². The standard InChI is InChI=1S/C11H15N5O3/c1-17-6-5-7(12)11-13-10(16-19-11)8-3-4-9(18-2)15-14-8/h3-4,7H,5-6,12H2,1-2H3. The normalized spacial score (nSPS) is 12.4. The number of aromatic nitrogens is 4. The molecule has 102 valence electrons. The van der Waals surface area contributed by atoms with Gasteiger partial charge in [0.25, 0.3) is 0 Å². The first-order chi connectivity index (χ1) is 9.24. The number of hydrogen-bond acceptors (Lipinski definition) is 8. The highest BCUT2D eigenvalue weighted by molar-refractivity contribution is 5.47. The Labute approximate surface area is 109 Å². The van der Waals surface area contributed by atoms with Gasteiger partial charge in [-0.25, -0.2) is 0 Å². The van der Waals surface area contributed by atoms with Gasteiger partial charge >= 0.3 is 0 Å². The molecule has 0 aliphatic rings. The van der Waals surface area contributed by atoms with Gasteiger partial charge in [0.05, 0.1) is 13.2 Å². The van der Waals surface area contributed by atoms with Gasteiger partial charge in [-0.05, 0) is 12.5 Å². The third kappa shape index (κ3) is 3.24. The summed E-state index contributed by atoms with van der Waals surface area (Å²) in [6.07, 6.45) is 0.604. The molecule has 0 amide bonds. The summed E-state index contributed by atoms with van der Waals surface area (Å²) >= 11 is 0. The van der Waals surface area contributed by atoms with E-state index in [2.05, 4.69) is 20.3 Å². The highest BCUT2D eigenvalue weighted by atomic mass is 16.5. The molecule has 2 aromatic rings. The Balaban J connectivity index is 2.11. The smallest absolute Gasteiger partial charge is 0.244 e. The fourth-order valence-electron chi connectivity index (χ4n) is 1.41. The van der Waals surface area contributed by atoms with Crippen LogP contribution in [0.5, 0.6) is 5.88 Å². The van der Waals surface area contributed by atoms with E-state index in [0.29, 0.717) is 36.3 Å². The minimum Gasteiger partial charge on any atom is -0.480 e. The number of hydrogen-bond donors (Lipinski definition) is 1. The largest absolute Gasteiger partial charge is 0.480 e. The van der Waals surface area contributed by atoms with Crippen molar-refractivity contribution in [3.05, 3.63) is 18.0 Å². The molecule has 0 spiro atoms. The SMILES string of the molecule is COCCC(N)c1nc(-c2ccc(OC)nn2)no1. The third-order valence-electron chi connectivity index (χ3n) is 2.47. The van der Waals surface area contributed by atoms with Crippen LogP contribution < -0.4 is 10.5 Å². The van der Waals surface area contributed by atoms with E-state index in [0.717, 1.165) is 0 Å². The number of nitrogens with zero attached hydrogens (tertiary/aromatic N) is 4. The fraction of sp³-hybridized carbons (Fsp3) is 0.455. The molecule has 1 atom stereocenters. The molecule has 19 heavy (non-hydrogen) atoms. The van der Waals surface area contributed by atoms with E-state index in [1.165, 1.54) is 7.11 Å². The van der Waals surface area contributed by atoms with Gasteiger partial charge in [-0.15, -0.1) is 10.2 Å². The number of nitrogens with two attached hydrogens (primary N) is 1. The maximum atomic E-state index is 5.89. The summed E-state index contributed by atoms with van der Waals surface area (Å²) in [6, 6.07) is 3.01. The lowest BCUT2D eigenvalue weighted by molar-refractivity contribution is 0.182. The molecule has 8 heteroatoms. The Morgan fingerprint density at radius 3 is 2.79 bits per heavy atom. The van der Waals surface area contributed by atoms with Gasteiger partial charge in [-0.2, -0.15) is 4.98 Å². The first kappa shape index (κ1) is 13.4. The van der Waals surface area contributed by atoms with Crippen molar-refractivity contribution in [1.82, 2.24) is 20.3 Å². The average Bonchev–Trinajstić information content (AvgIpc) is 2.94. The first-order valence-corrected chi connectivity index (χ1v) is 5.70. The van der Waals surface area contributed by atoms with Crippen LogP contribution >= 0.6 is 0 Å². The minimum atomic E-state index is -0.354. The molecule has 2 aromatic heterocycles. The van der Waals surface area contributed by atoms with E-state index in [-0.39, 0.29) is 6.04 Å². The molecule has 0 aromatic carbocycles. The molecule has 0 bridgehead atoms. The number of ether oxygens (including phenoxy) is 2. The summed E-state index contributed by atoms with van der Waals surface area (Å²) in [7, 11) is 3.13. The Morgan fingerprint density at radius 1 is 1.32 bits per heavy atom. The number of rotatable bonds is 6. The summed E-state index contributed by atoms with van der Waals surface area (Å²) in [5, 5.41) is 11.6. The summed E-state index contributed by atoms with van der Waals surface area (Å²) in [5.41, 5.74) is 6.38. The molecule has 0 radical (unpaired) electrons. The lowest BCUT2D eigenvalue weighted by Crippen LogP contribution is -2.13. The Bertz CT molecular complexity index is 513. The Kier molecular flexibility index (Phi) is 4.37. The number of methoxy groups -OCH3 is 2. The van der Waals surface area contributed by atoms with Crippen LogP contribution in [-0.2, 0) is 4.74 Å². The van der Waals surface area contributed by atoms with Gasteiger partial charge in [0.15, 0.2) is 0 Å². The van der Waals surface area contributed by atoms with E-state index < -0.39 is 0 Å². The third-order valence-corrected chi connectivity index (χ3v) is 2.47. The van der Waals surface area contributed by atoms with Crippen LogP contribution in [0.25, 0.3) is 11.5 Å². The molecule has 0 aliphatic heterocycles. The molecule has 8 nitrogen and oxygen atoms in total. The highest BCUT2D eigenvalue weighted by Crippen LogP contribution is 2.18. The van der Waals surface area contributed by atoms with Crippen molar-refractivity contribution in [2.75, 3.05) is 20.8 Å². The zero-order valence-electron chi connectivity index (χ0n) is 10.7. The van der Waals surface area contributed by atoms with Crippen molar-refractivity contribution in [1.29, 1.82) is 0 Å². The highest BCUT2D eigenvalue weighted by Gasteiger charge is 2.16. The summed E-state index contributed by atoms with van der Waals surface area (Å²) in [4.78, 5) is 4.19. The lowest BCUT2D eigenvalue weighted by atomic mass is 10.2. The van der Waals surface area contributed by atoms with Crippen molar-refractivity contribution in [2.24, 2.45) is 5.73 Å². The molecule has 0 fully saturated rings. The van der Waals surface area contributed by atoms with Crippen LogP contribution in [0.1, 0.15) is 18.4 Å². The monoisotopic (exact) mass is 265 g/mol. The van der Waals surface area contributed by atoms with Crippen molar-refractivity contribution < 1.29 is 14.0 Å². The van der Waals surface area contributed by atoms with Crippen LogP contribution in [0.4, 0.5) is 0 Å². The van der Waals surface area contributed by atoms with Gasteiger partial charge in [-0.3, -0.25) is 0 Å². The zero-order valence-corrected chi connectivity index (χ0v) is 10.7. The maximum Gasteiger partial charge on any atom is 0.244 e. The molecule has 2 N–H and O–H groups in total. The Hall–Kier alpha value is -2.06. The second-order valence-electron chi connectivity index (χ2n) is 3.81. The van der Waals surface area contributed by atoms with Crippen LogP contribution in [0.2, 0.25) is 0 Å². The fourth-order valence-corrected chi connectivity index (χ4v) is 1.41. The van der Waals surface area contributed by atoms with Crippen molar-refractivity contribution in [2.45, 2.75) is 12.5 Å². The van der Waals surface area contributed by atoms with Crippen LogP contribution in [-0.4, -0.2) is 41.2 Å². The summed E-state index contributed by atoms with van der Waals surface area (Å²) in [5.74, 6) is 1.12. The van der Waals surface area contributed by atoms with E-state index in [9.17, 15) is 0 Å². The van der Waals surface area contributed by atoms with Crippen LogP contribution in [0, 0.1) is 0 Å². The molecule has 0 aliphatic carbocycles. The molecule has 1 unspecified atom stereocenters. The van der Waals surface area contributed by atoms with E-state index in [4.69, 9.17) is 19.7 Å². The second kappa shape index (κ2) is 6.21. The molecule has 2 rings (SSSR count). The molecular formula is C11H15N5O3. The maximum absolute atomic E-state index is 5.89. The van der Waals surface area contributed by atoms with E-state index >= 15 is 0 Å². The average molecular weight is 265 g/mol. The van der Waals surface area contributed by atoms with Crippen molar-refractivity contribution in [3.63, 3.8) is 0 Å². The van der Waals surface area contributed by atoms with Crippen LogP contribution in [0.15, 0.2) is 16.7 Å². The van der Waals surface area contributed by atoms with Gasteiger partial charge in [0, 0.05) is 19.8 Å². The summed E-state index contributed by atoms with van der Waals surface area (Å²) < 4.78 is 15.0. The summed E-state index contributed by atoms with van der Waals surface area (Å²) in [6.45, 7) is 0.529. The van der Waals surface area contributed by atoms with Gasteiger partial charge in [0.2, 0.25) is 17.6 Å². The van der Waals surface area contributed by atoms with Crippen LogP contribution in [0.3, 0.4) is 0 Å². The zero-order chi connectivity index (χ0) is 13.7. The minimum absolute atomic E-state index is 0.345. The first-order valence-electron chi connectivity index (χ1n) is 5.70. The lowest BCUT2D eigenvalue weighted by Gasteiger charge is -2.04. The van der Waals surface area contributed by atoms with Gasteiger partial charge in [0.1, 0.15) is 5.69 Å². The molecule has 0 saturated carbocycles.